The van der Waals surface area contributed by atoms with E-state index >= 15 is 0 Å². The molecule has 0 fully saturated rings. The Balaban J connectivity index is 1.48. The lowest BCUT2D eigenvalue weighted by molar-refractivity contribution is -0.132. The Morgan fingerprint density at radius 1 is 1.03 bits per heavy atom. The van der Waals surface area contributed by atoms with Crippen LogP contribution in [0, 0.1) is 0 Å². The number of amides is 1. The largest absolute Gasteiger partial charge is 0.489 e. The van der Waals surface area contributed by atoms with Gasteiger partial charge in [0.25, 0.3) is 5.91 Å². The van der Waals surface area contributed by atoms with Gasteiger partial charge in [-0.1, -0.05) is 42.5 Å². The fourth-order valence-electron chi connectivity index (χ4n) is 5.87. The third-order valence-electron chi connectivity index (χ3n) is 7.59. The monoisotopic (exact) mass is 452 g/mol. The zero-order valence-corrected chi connectivity index (χ0v) is 19.2. The molecule has 1 aliphatic carbocycles. The molecule has 3 unspecified atom stereocenters. The van der Waals surface area contributed by atoms with Gasteiger partial charge in [-0.2, -0.15) is 0 Å². The summed E-state index contributed by atoms with van der Waals surface area (Å²) in [5, 5.41) is 0. The highest BCUT2D eigenvalue weighted by Crippen LogP contribution is 2.50. The summed E-state index contributed by atoms with van der Waals surface area (Å²) >= 11 is 0. The molecule has 172 valence electrons. The number of carbonyl (C=O) groups is 1. The van der Waals surface area contributed by atoms with Gasteiger partial charge < -0.3 is 16.2 Å². The van der Waals surface area contributed by atoms with Crippen molar-refractivity contribution in [3.8, 4) is 16.9 Å². The molecule has 0 aromatic heterocycles. The smallest absolute Gasteiger partial charge is 0.261 e. The van der Waals surface area contributed by atoms with Gasteiger partial charge in [-0.15, -0.1) is 0 Å². The highest BCUT2D eigenvalue weighted by Gasteiger charge is 2.54. The summed E-state index contributed by atoms with van der Waals surface area (Å²) in [5.41, 5.74) is 17.2. The van der Waals surface area contributed by atoms with E-state index in [1.165, 1.54) is 16.0 Å². The van der Waals surface area contributed by atoms with Crippen LogP contribution in [0.5, 0.6) is 5.75 Å². The second-order valence-corrected chi connectivity index (χ2v) is 9.59. The highest BCUT2D eigenvalue weighted by atomic mass is 16.5. The first-order chi connectivity index (χ1) is 16.5. The molecule has 0 bridgehead atoms. The van der Waals surface area contributed by atoms with Crippen LogP contribution in [0.2, 0.25) is 0 Å². The summed E-state index contributed by atoms with van der Waals surface area (Å²) in [5.74, 6) is 1.05. The molecule has 3 aliphatic rings. The number of ether oxygens (including phenoxy) is 1. The molecule has 34 heavy (non-hydrogen) atoms. The second kappa shape index (κ2) is 7.62. The van der Waals surface area contributed by atoms with Crippen LogP contribution in [0.1, 0.15) is 41.9 Å². The molecule has 1 amide bonds. The lowest BCUT2D eigenvalue weighted by Gasteiger charge is -2.41. The number of guanidine groups is 1. The minimum atomic E-state index is -1.08. The van der Waals surface area contributed by atoms with Crippen LogP contribution in [-0.4, -0.2) is 29.9 Å². The van der Waals surface area contributed by atoms with E-state index in [4.69, 9.17) is 21.2 Å². The molecule has 3 aromatic rings. The van der Waals surface area contributed by atoms with Gasteiger partial charge in [-0.3, -0.25) is 9.69 Å². The van der Waals surface area contributed by atoms with Gasteiger partial charge in [0.1, 0.15) is 11.9 Å². The summed E-state index contributed by atoms with van der Waals surface area (Å²) in [6.45, 7) is 0. The van der Waals surface area contributed by atoms with E-state index in [0.717, 1.165) is 36.0 Å². The Labute approximate surface area is 199 Å². The lowest BCUT2D eigenvalue weighted by Crippen LogP contribution is -2.47. The number of benzene rings is 3. The van der Waals surface area contributed by atoms with Crippen LogP contribution < -0.4 is 16.2 Å². The average Bonchev–Trinajstić information content (AvgIpc) is 3.07. The van der Waals surface area contributed by atoms with Crippen molar-refractivity contribution in [2.45, 2.75) is 43.2 Å². The lowest BCUT2D eigenvalue weighted by atomic mass is 9.73. The number of hydrogen-bond acceptors (Lipinski definition) is 5. The molecule has 6 heteroatoms. The van der Waals surface area contributed by atoms with Crippen molar-refractivity contribution in [3.63, 3.8) is 0 Å². The Kier molecular flexibility index (Phi) is 4.66. The third-order valence-corrected chi connectivity index (χ3v) is 7.59. The molecule has 0 saturated heterocycles. The normalized spacial score (nSPS) is 25.5. The Bertz CT molecular complexity index is 1330. The molecule has 0 radical (unpaired) electrons. The number of nitrogens with two attached hydrogens (primary N) is 2. The zero-order valence-electron chi connectivity index (χ0n) is 19.2. The summed E-state index contributed by atoms with van der Waals surface area (Å²) in [4.78, 5) is 20.0. The van der Waals surface area contributed by atoms with Gasteiger partial charge in [-0.25, -0.2) is 4.99 Å². The van der Waals surface area contributed by atoms with E-state index in [1.807, 2.05) is 42.5 Å². The molecule has 6 nitrogen and oxygen atoms in total. The minimum absolute atomic E-state index is 0.103. The van der Waals surface area contributed by atoms with Crippen molar-refractivity contribution < 1.29 is 9.53 Å². The van der Waals surface area contributed by atoms with Crippen molar-refractivity contribution >= 4 is 17.6 Å². The number of rotatable bonds is 2. The van der Waals surface area contributed by atoms with Gasteiger partial charge in [-0.05, 0) is 65.8 Å². The van der Waals surface area contributed by atoms with E-state index in [-0.39, 0.29) is 23.9 Å². The van der Waals surface area contributed by atoms with Crippen LogP contribution in [-0.2, 0) is 16.8 Å². The molecule has 4 N–H and O–H groups in total. The maximum absolute atomic E-state index is 13.7. The Hall–Kier alpha value is -3.80. The number of carbonyl (C=O) groups excluding carboxylic acids is 1. The predicted molar refractivity (Wildman–Crippen MR) is 134 cm³/mol. The van der Waals surface area contributed by atoms with E-state index in [2.05, 4.69) is 24.3 Å². The number of anilines is 1. The van der Waals surface area contributed by atoms with Crippen molar-refractivity contribution in [3.05, 3.63) is 83.4 Å². The molecule has 2 aliphatic heterocycles. The number of nitrogens with zero attached hydrogens (tertiary/aromatic N) is 2. The van der Waals surface area contributed by atoms with Crippen LogP contribution in [0.25, 0.3) is 11.1 Å². The van der Waals surface area contributed by atoms with Gasteiger partial charge in [0, 0.05) is 30.6 Å². The number of hydrogen-bond donors (Lipinski definition) is 2. The van der Waals surface area contributed by atoms with Crippen LogP contribution >= 0.6 is 0 Å². The third kappa shape index (κ3) is 3.09. The number of fused-ring (bicyclic) bond motifs is 3. The summed E-state index contributed by atoms with van der Waals surface area (Å²) < 4.78 is 6.64. The van der Waals surface area contributed by atoms with Crippen molar-refractivity contribution in [1.29, 1.82) is 0 Å². The first kappa shape index (κ1) is 20.8. The summed E-state index contributed by atoms with van der Waals surface area (Å²) in [7, 11) is 1.69. The van der Waals surface area contributed by atoms with E-state index < -0.39 is 5.54 Å². The average molecular weight is 453 g/mol. The molecule has 0 saturated carbocycles. The number of aryl methyl sites for hydroxylation is 1. The Morgan fingerprint density at radius 3 is 2.65 bits per heavy atom. The molecule has 3 atom stereocenters. The maximum Gasteiger partial charge on any atom is 0.261 e. The maximum atomic E-state index is 13.7. The van der Waals surface area contributed by atoms with Crippen molar-refractivity contribution in [2.75, 3.05) is 12.8 Å². The fourth-order valence-corrected chi connectivity index (χ4v) is 5.87. The van der Waals surface area contributed by atoms with Gasteiger partial charge >= 0.3 is 0 Å². The quantitative estimate of drug-likeness (QED) is 0.570. The zero-order chi connectivity index (χ0) is 23.4. The number of nitrogen functional groups attached to an aromatic ring is 1. The second-order valence-electron chi connectivity index (χ2n) is 9.59. The standard InChI is InChI=1S/C28H28N4O2/c1-32-26(33)28(31-27(32)30)16-25(22-11-5-7-17-6-2-3-10-21(17)22)34-24-13-12-19(15-23(24)28)18-8-4-9-20(29)14-18/h2-4,6,8-10,12-15,22,25H,5,7,11,16,29H2,1H3,(H2,30,31). The van der Waals surface area contributed by atoms with Crippen LogP contribution in [0.15, 0.2) is 71.7 Å². The molecular formula is C28H28N4O2. The molecule has 1 spiro atoms. The predicted octanol–water partition coefficient (Wildman–Crippen LogP) is 4.19. The number of likely N-dealkylation sites (N-methyl/N-ethyl adjacent to an activating group) is 1. The molecular weight excluding hydrogens is 424 g/mol. The molecule has 2 heterocycles. The van der Waals surface area contributed by atoms with Crippen LogP contribution in [0.4, 0.5) is 5.69 Å². The fraction of sp³-hybridized carbons (Fsp3) is 0.286. The van der Waals surface area contributed by atoms with Gasteiger partial charge in [0.05, 0.1) is 0 Å². The Morgan fingerprint density at radius 2 is 1.85 bits per heavy atom. The highest BCUT2D eigenvalue weighted by molar-refractivity contribution is 6.07. The van der Waals surface area contributed by atoms with Crippen molar-refractivity contribution in [2.24, 2.45) is 10.7 Å². The van der Waals surface area contributed by atoms with Crippen molar-refractivity contribution in [1.82, 2.24) is 4.90 Å². The van der Waals surface area contributed by atoms with E-state index in [0.29, 0.717) is 17.9 Å². The topological polar surface area (TPSA) is 93.9 Å². The summed E-state index contributed by atoms with van der Waals surface area (Å²) in [6.07, 6.45) is 3.51. The molecule has 3 aromatic carbocycles. The SMILES string of the molecule is CN1C(=O)C2(CC(C3CCCc4ccccc43)Oc3ccc(-c4cccc(N)c4)cc32)N=C1N. The van der Waals surface area contributed by atoms with Gasteiger partial charge in [0.2, 0.25) is 0 Å². The van der Waals surface area contributed by atoms with Crippen LogP contribution in [0.3, 0.4) is 0 Å². The minimum Gasteiger partial charge on any atom is -0.489 e. The van der Waals surface area contributed by atoms with E-state index in [9.17, 15) is 4.79 Å². The first-order valence-corrected chi connectivity index (χ1v) is 11.8. The summed E-state index contributed by atoms with van der Waals surface area (Å²) in [6, 6.07) is 22.3. The number of aliphatic imine (C=N–C) groups is 1. The van der Waals surface area contributed by atoms with Gasteiger partial charge in [0.15, 0.2) is 11.5 Å². The molecule has 6 rings (SSSR count). The van der Waals surface area contributed by atoms with E-state index in [1.54, 1.807) is 7.05 Å². The first-order valence-electron chi connectivity index (χ1n) is 11.8.